The van der Waals surface area contributed by atoms with E-state index < -0.39 is 0 Å². The molecular weight excluding hydrogens is 262 g/mol. The van der Waals surface area contributed by atoms with Crippen LogP contribution in [0, 0.1) is 0 Å². The van der Waals surface area contributed by atoms with Gasteiger partial charge in [-0.15, -0.1) is 21.5 Å². The first-order valence-corrected chi connectivity index (χ1v) is 6.90. The minimum Gasteiger partial charge on any atom is -0.369 e. The van der Waals surface area contributed by atoms with Gasteiger partial charge in [-0.3, -0.25) is 9.78 Å². The standard InChI is InChI=1S/C12H15N5OS/c1-2-5-14-11-4-3-10(16-17-11)12(18)15-7-9-6-13-8-19-9/h3-4,6,8H,2,5,7H2,1H3,(H,14,17)(H,15,18). The zero-order valence-corrected chi connectivity index (χ0v) is 11.4. The van der Waals surface area contributed by atoms with Crippen LogP contribution >= 0.6 is 11.3 Å². The second-order valence-electron chi connectivity index (χ2n) is 3.88. The Morgan fingerprint density at radius 1 is 1.37 bits per heavy atom. The molecule has 0 saturated heterocycles. The Morgan fingerprint density at radius 2 is 2.26 bits per heavy atom. The lowest BCUT2D eigenvalue weighted by Gasteiger charge is -2.04. The van der Waals surface area contributed by atoms with E-state index in [4.69, 9.17) is 0 Å². The monoisotopic (exact) mass is 277 g/mol. The Hall–Kier alpha value is -2.02. The van der Waals surface area contributed by atoms with E-state index in [1.165, 1.54) is 11.3 Å². The summed E-state index contributed by atoms with van der Waals surface area (Å²) in [6.07, 6.45) is 2.74. The van der Waals surface area contributed by atoms with Crippen LogP contribution < -0.4 is 10.6 Å². The Labute approximate surface area is 115 Å². The highest BCUT2D eigenvalue weighted by atomic mass is 32.1. The van der Waals surface area contributed by atoms with Crippen molar-refractivity contribution in [1.82, 2.24) is 20.5 Å². The van der Waals surface area contributed by atoms with E-state index in [0.29, 0.717) is 18.1 Å². The predicted octanol–water partition coefficient (Wildman–Crippen LogP) is 1.68. The molecule has 7 heteroatoms. The minimum absolute atomic E-state index is 0.233. The number of carbonyl (C=O) groups is 1. The van der Waals surface area contributed by atoms with Gasteiger partial charge in [-0.05, 0) is 18.6 Å². The highest BCUT2D eigenvalue weighted by Crippen LogP contribution is 2.05. The van der Waals surface area contributed by atoms with Crippen LogP contribution in [0.2, 0.25) is 0 Å². The number of carbonyl (C=O) groups excluding carboxylic acids is 1. The fraction of sp³-hybridized carbons (Fsp3) is 0.333. The summed E-state index contributed by atoms with van der Waals surface area (Å²) < 4.78 is 0. The van der Waals surface area contributed by atoms with Crippen molar-refractivity contribution >= 4 is 23.1 Å². The third-order valence-electron chi connectivity index (χ3n) is 2.36. The number of hydrogen-bond donors (Lipinski definition) is 2. The fourth-order valence-electron chi connectivity index (χ4n) is 1.39. The summed E-state index contributed by atoms with van der Waals surface area (Å²) in [5.74, 6) is 0.448. The van der Waals surface area contributed by atoms with Gasteiger partial charge in [0.25, 0.3) is 5.91 Å². The molecule has 0 aromatic carbocycles. The zero-order chi connectivity index (χ0) is 13.5. The second kappa shape index (κ2) is 6.79. The molecule has 0 radical (unpaired) electrons. The third-order valence-corrected chi connectivity index (χ3v) is 3.14. The highest BCUT2D eigenvalue weighted by molar-refractivity contribution is 7.09. The Kier molecular flexibility index (Phi) is 4.79. The number of aromatic nitrogens is 3. The molecule has 2 N–H and O–H groups in total. The molecule has 100 valence electrons. The Balaban J connectivity index is 1.88. The van der Waals surface area contributed by atoms with E-state index in [1.54, 1.807) is 23.8 Å². The number of nitrogens with one attached hydrogen (secondary N) is 2. The number of thiazole rings is 1. The van der Waals surface area contributed by atoms with Crippen LogP contribution in [0.15, 0.2) is 23.8 Å². The molecule has 0 spiro atoms. The first kappa shape index (κ1) is 13.4. The van der Waals surface area contributed by atoms with Gasteiger partial charge in [-0.25, -0.2) is 0 Å². The van der Waals surface area contributed by atoms with Crippen molar-refractivity contribution < 1.29 is 4.79 Å². The van der Waals surface area contributed by atoms with Gasteiger partial charge in [0.15, 0.2) is 5.69 Å². The number of rotatable bonds is 6. The second-order valence-corrected chi connectivity index (χ2v) is 4.85. The Bertz CT molecular complexity index is 511. The van der Waals surface area contributed by atoms with Crippen LogP contribution in [-0.2, 0) is 6.54 Å². The lowest BCUT2D eigenvalue weighted by atomic mass is 10.3. The van der Waals surface area contributed by atoms with Gasteiger partial charge < -0.3 is 10.6 Å². The van der Waals surface area contributed by atoms with Crippen molar-refractivity contribution in [2.75, 3.05) is 11.9 Å². The molecule has 0 bridgehead atoms. The fourth-order valence-corrected chi connectivity index (χ4v) is 1.92. The molecule has 0 aliphatic carbocycles. The first-order chi connectivity index (χ1) is 9.29. The van der Waals surface area contributed by atoms with Gasteiger partial charge >= 0.3 is 0 Å². The molecular formula is C12H15N5OS. The van der Waals surface area contributed by atoms with Crippen LogP contribution in [0.1, 0.15) is 28.7 Å². The molecule has 0 unspecified atom stereocenters. The predicted molar refractivity (Wildman–Crippen MR) is 74.1 cm³/mol. The average Bonchev–Trinajstić information content (AvgIpc) is 2.96. The highest BCUT2D eigenvalue weighted by Gasteiger charge is 2.08. The van der Waals surface area contributed by atoms with Crippen LogP contribution in [0.25, 0.3) is 0 Å². The summed E-state index contributed by atoms with van der Waals surface area (Å²) in [7, 11) is 0. The molecule has 2 heterocycles. The van der Waals surface area contributed by atoms with Gasteiger partial charge in [0.1, 0.15) is 5.82 Å². The molecule has 0 aliphatic rings. The van der Waals surface area contributed by atoms with Crippen molar-refractivity contribution in [3.63, 3.8) is 0 Å². The molecule has 2 aromatic heterocycles. The Morgan fingerprint density at radius 3 is 2.89 bits per heavy atom. The summed E-state index contributed by atoms with van der Waals surface area (Å²) in [4.78, 5) is 16.8. The SMILES string of the molecule is CCCNc1ccc(C(=O)NCc2cncs2)nn1. The van der Waals surface area contributed by atoms with E-state index in [9.17, 15) is 4.79 Å². The molecule has 6 nitrogen and oxygen atoms in total. The maximum absolute atomic E-state index is 11.8. The van der Waals surface area contributed by atoms with E-state index in [2.05, 4.69) is 32.7 Å². The maximum Gasteiger partial charge on any atom is 0.272 e. The summed E-state index contributed by atoms with van der Waals surface area (Å²) in [6, 6.07) is 3.41. The number of hydrogen-bond acceptors (Lipinski definition) is 6. The summed E-state index contributed by atoms with van der Waals surface area (Å²) in [5.41, 5.74) is 2.04. The van der Waals surface area contributed by atoms with Crippen molar-refractivity contribution in [2.45, 2.75) is 19.9 Å². The van der Waals surface area contributed by atoms with Crippen LogP contribution in [0.5, 0.6) is 0 Å². The first-order valence-electron chi connectivity index (χ1n) is 6.02. The molecule has 0 atom stereocenters. The van der Waals surface area contributed by atoms with Gasteiger partial charge in [0, 0.05) is 17.6 Å². The lowest BCUT2D eigenvalue weighted by molar-refractivity contribution is 0.0945. The number of anilines is 1. The van der Waals surface area contributed by atoms with Crippen LogP contribution in [0.4, 0.5) is 5.82 Å². The molecule has 0 aliphatic heterocycles. The van der Waals surface area contributed by atoms with E-state index in [-0.39, 0.29) is 5.91 Å². The summed E-state index contributed by atoms with van der Waals surface area (Å²) in [5, 5.41) is 13.7. The quantitative estimate of drug-likeness (QED) is 0.840. The van der Waals surface area contributed by atoms with Gasteiger partial charge in [-0.2, -0.15) is 0 Å². The molecule has 1 amide bonds. The normalized spacial score (nSPS) is 10.2. The van der Waals surface area contributed by atoms with E-state index in [0.717, 1.165) is 17.8 Å². The molecule has 0 saturated carbocycles. The zero-order valence-electron chi connectivity index (χ0n) is 10.6. The summed E-state index contributed by atoms with van der Waals surface area (Å²) >= 11 is 1.50. The van der Waals surface area contributed by atoms with Gasteiger partial charge in [0.05, 0.1) is 12.1 Å². The molecule has 2 aromatic rings. The molecule has 0 fully saturated rings. The topological polar surface area (TPSA) is 79.8 Å². The van der Waals surface area contributed by atoms with Crippen molar-refractivity contribution in [1.29, 1.82) is 0 Å². The van der Waals surface area contributed by atoms with Crippen molar-refractivity contribution in [3.8, 4) is 0 Å². The lowest BCUT2D eigenvalue weighted by Crippen LogP contribution is -2.23. The molecule has 2 rings (SSSR count). The largest absolute Gasteiger partial charge is 0.369 e. The van der Waals surface area contributed by atoms with Crippen molar-refractivity contribution in [2.24, 2.45) is 0 Å². The van der Waals surface area contributed by atoms with E-state index >= 15 is 0 Å². The van der Waals surface area contributed by atoms with Gasteiger partial charge in [0.2, 0.25) is 0 Å². The van der Waals surface area contributed by atoms with Gasteiger partial charge in [-0.1, -0.05) is 6.92 Å². The summed E-state index contributed by atoms with van der Waals surface area (Å²) in [6.45, 7) is 3.37. The minimum atomic E-state index is -0.233. The number of amides is 1. The third kappa shape index (κ3) is 3.99. The molecule has 19 heavy (non-hydrogen) atoms. The maximum atomic E-state index is 11.8. The van der Waals surface area contributed by atoms with Crippen LogP contribution in [-0.4, -0.2) is 27.6 Å². The van der Waals surface area contributed by atoms with Crippen LogP contribution in [0.3, 0.4) is 0 Å². The van der Waals surface area contributed by atoms with Crippen molar-refractivity contribution in [3.05, 3.63) is 34.4 Å². The average molecular weight is 277 g/mol. The number of nitrogens with zero attached hydrogens (tertiary/aromatic N) is 3. The smallest absolute Gasteiger partial charge is 0.272 e. The van der Waals surface area contributed by atoms with E-state index in [1.807, 2.05) is 0 Å².